The lowest BCUT2D eigenvalue weighted by Gasteiger charge is -2.33. The minimum absolute atomic E-state index is 0.0395. The van der Waals surface area contributed by atoms with E-state index in [1.165, 1.54) is 32.1 Å². The quantitative estimate of drug-likeness (QED) is 0.891. The van der Waals surface area contributed by atoms with Crippen LogP contribution in [0.2, 0.25) is 0 Å². The van der Waals surface area contributed by atoms with Crippen molar-refractivity contribution < 1.29 is 4.74 Å². The van der Waals surface area contributed by atoms with E-state index in [1.54, 1.807) is 11.3 Å². The molecule has 0 radical (unpaired) electrons. The molecule has 0 bridgehead atoms. The molecule has 0 aromatic carbocycles. The second-order valence-electron chi connectivity index (χ2n) is 6.01. The first-order chi connectivity index (χ1) is 10.3. The number of rotatable bonds is 6. The summed E-state index contributed by atoms with van der Waals surface area (Å²) < 4.78 is 8.09. The molecule has 2 heterocycles. The molecule has 2 aromatic rings. The topological polar surface area (TPSA) is 52.5 Å². The summed E-state index contributed by atoms with van der Waals surface area (Å²) in [6, 6.07) is 0.0395. The first-order valence-corrected chi connectivity index (χ1v) is 8.94. The van der Waals surface area contributed by atoms with Gasteiger partial charge in [0, 0.05) is 36.8 Å². The number of hydrogen-bond acceptors (Lipinski definition) is 4. The fourth-order valence-electron chi connectivity index (χ4n) is 3.50. The SMILES string of the molecule is CCOC(C(N)Cc1cn2ccsc2n1)C1CCCCC1. The summed E-state index contributed by atoms with van der Waals surface area (Å²) in [5.74, 6) is 0.623. The molecule has 21 heavy (non-hydrogen) atoms. The lowest BCUT2D eigenvalue weighted by Crippen LogP contribution is -2.44. The molecule has 2 aromatic heterocycles. The van der Waals surface area contributed by atoms with Crippen molar-refractivity contribution in [1.82, 2.24) is 9.38 Å². The first kappa shape index (κ1) is 15.0. The number of nitrogens with zero attached hydrogens (tertiary/aromatic N) is 2. The highest BCUT2D eigenvalue weighted by Gasteiger charge is 2.29. The molecular weight excluding hydrogens is 282 g/mol. The van der Waals surface area contributed by atoms with Crippen molar-refractivity contribution in [2.24, 2.45) is 11.7 Å². The predicted octanol–water partition coefficient (Wildman–Crippen LogP) is 3.25. The van der Waals surface area contributed by atoms with Crippen LogP contribution in [-0.2, 0) is 11.2 Å². The first-order valence-electron chi connectivity index (χ1n) is 8.06. The highest BCUT2D eigenvalue weighted by atomic mass is 32.1. The molecule has 0 amide bonds. The number of nitrogens with two attached hydrogens (primary N) is 1. The maximum Gasteiger partial charge on any atom is 0.193 e. The molecule has 3 rings (SSSR count). The molecule has 1 saturated carbocycles. The lowest BCUT2D eigenvalue weighted by atomic mass is 9.82. The van der Waals surface area contributed by atoms with Crippen LogP contribution in [0.4, 0.5) is 0 Å². The Labute approximate surface area is 130 Å². The summed E-state index contributed by atoms with van der Waals surface area (Å²) >= 11 is 1.66. The van der Waals surface area contributed by atoms with E-state index in [2.05, 4.69) is 27.9 Å². The Kier molecular flexibility index (Phi) is 4.93. The number of thiazole rings is 1. The summed E-state index contributed by atoms with van der Waals surface area (Å²) in [5.41, 5.74) is 7.57. The van der Waals surface area contributed by atoms with Crippen LogP contribution in [0.3, 0.4) is 0 Å². The number of imidazole rings is 1. The standard InChI is InChI=1S/C16H25N3OS/c1-2-20-15(12-6-4-3-5-7-12)14(17)10-13-11-19-8-9-21-16(19)18-13/h8-9,11-12,14-15H,2-7,10,17H2,1H3. The third kappa shape index (κ3) is 3.47. The summed E-state index contributed by atoms with van der Waals surface area (Å²) in [7, 11) is 0. The van der Waals surface area contributed by atoms with Crippen LogP contribution >= 0.6 is 11.3 Å². The smallest absolute Gasteiger partial charge is 0.193 e. The van der Waals surface area contributed by atoms with Gasteiger partial charge in [0.15, 0.2) is 4.96 Å². The van der Waals surface area contributed by atoms with Crippen LogP contribution in [0.5, 0.6) is 0 Å². The molecule has 2 N–H and O–H groups in total. The Balaban J connectivity index is 1.67. The minimum atomic E-state index is 0.0395. The Morgan fingerprint density at radius 2 is 2.24 bits per heavy atom. The van der Waals surface area contributed by atoms with Gasteiger partial charge in [-0.25, -0.2) is 4.98 Å². The van der Waals surface area contributed by atoms with Crippen molar-refractivity contribution in [2.45, 2.75) is 57.6 Å². The van der Waals surface area contributed by atoms with E-state index in [0.29, 0.717) is 5.92 Å². The molecule has 2 atom stereocenters. The average molecular weight is 307 g/mol. The molecule has 0 saturated heterocycles. The number of aromatic nitrogens is 2. The van der Waals surface area contributed by atoms with E-state index < -0.39 is 0 Å². The summed E-state index contributed by atoms with van der Waals surface area (Å²) in [4.78, 5) is 5.69. The number of ether oxygens (including phenoxy) is 1. The second kappa shape index (κ2) is 6.90. The largest absolute Gasteiger partial charge is 0.377 e. The zero-order chi connectivity index (χ0) is 14.7. The zero-order valence-electron chi connectivity index (χ0n) is 12.7. The monoisotopic (exact) mass is 307 g/mol. The van der Waals surface area contributed by atoms with Gasteiger partial charge in [0.1, 0.15) is 0 Å². The summed E-state index contributed by atoms with van der Waals surface area (Å²) in [5, 5.41) is 2.05. The van der Waals surface area contributed by atoms with E-state index in [9.17, 15) is 0 Å². The van der Waals surface area contributed by atoms with Crippen molar-refractivity contribution in [2.75, 3.05) is 6.61 Å². The van der Waals surface area contributed by atoms with Crippen molar-refractivity contribution >= 4 is 16.3 Å². The number of hydrogen-bond donors (Lipinski definition) is 1. The van der Waals surface area contributed by atoms with Crippen molar-refractivity contribution in [3.63, 3.8) is 0 Å². The van der Waals surface area contributed by atoms with Crippen LogP contribution in [0.25, 0.3) is 4.96 Å². The van der Waals surface area contributed by atoms with E-state index in [0.717, 1.165) is 23.7 Å². The highest BCUT2D eigenvalue weighted by molar-refractivity contribution is 7.15. The summed E-state index contributed by atoms with van der Waals surface area (Å²) in [6.45, 7) is 2.81. The third-order valence-corrected chi connectivity index (χ3v) is 5.25. The molecule has 1 fully saturated rings. The van der Waals surface area contributed by atoms with E-state index in [4.69, 9.17) is 10.5 Å². The second-order valence-corrected chi connectivity index (χ2v) is 6.88. The molecule has 1 aliphatic carbocycles. The van der Waals surface area contributed by atoms with Gasteiger partial charge in [-0.3, -0.25) is 4.40 Å². The van der Waals surface area contributed by atoms with E-state index in [-0.39, 0.29) is 12.1 Å². The molecular formula is C16H25N3OS. The zero-order valence-corrected chi connectivity index (χ0v) is 13.5. The van der Waals surface area contributed by atoms with Gasteiger partial charge in [-0.15, -0.1) is 11.3 Å². The van der Waals surface area contributed by atoms with Gasteiger partial charge < -0.3 is 10.5 Å². The maximum absolute atomic E-state index is 6.49. The van der Waals surface area contributed by atoms with Gasteiger partial charge in [-0.05, 0) is 25.7 Å². The van der Waals surface area contributed by atoms with Crippen LogP contribution in [0.1, 0.15) is 44.7 Å². The summed E-state index contributed by atoms with van der Waals surface area (Å²) in [6.07, 6.45) is 11.6. The average Bonchev–Trinajstić information content (AvgIpc) is 3.06. The van der Waals surface area contributed by atoms with Gasteiger partial charge >= 0.3 is 0 Å². The lowest BCUT2D eigenvalue weighted by molar-refractivity contribution is -0.00927. The molecule has 116 valence electrons. The molecule has 5 heteroatoms. The van der Waals surface area contributed by atoms with Gasteiger partial charge in [0.05, 0.1) is 11.8 Å². The Morgan fingerprint density at radius 3 is 2.95 bits per heavy atom. The Hall–Kier alpha value is -0.910. The van der Waals surface area contributed by atoms with E-state index >= 15 is 0 Å². The Bertz CT molecular complexity index is 530. The van der Waals surface area contributed by atoms with Crippen LogP contribution in [0.15, 0.2) is 17.8 Å². The van der Waals surface area contributed by atoms with Crippen LogP contribution in [0, 0.1) is 5.92 Å². The number of fused-ring (bicyclic) bond motifs is 1. The van der Waals surface area contributed by atoms with Gasteiger partial charge in [0.25, 0.3) is 0 Å². The molecule has 0 aliphatic heterocycles. The van der Waals surface area contributed by atoms with Crippen molar-refractivity contribution in [1.29, 1.82) is 0 Å². The van der Waals surface area contributed by atoms with Gasteiger partial charge in [-0.2, -0.15) is 0 Å². The third-order valence-electron chi connectivity index (χ3n) is 4.48. The molecule has 0 spiro atoms. The fraction of sp³-hybridized carbons (Fsp3) is 0.688. The molecule has 4 nitrogen and oxygen atoms in total. The van der Waals surface area contributed by atoms with Crippen molar-refractivity contribution in [3.8, 4) is 0 Å². The molecule has 2 unspecified atom stereocenters. The predicted molar refractivity (Wildman–Crippen MR) is 86.7 cm³/mol. The van der Waals surface area contributed by atoms with Crippen LogP contribution in [-0.4, -0.2) is 28.1 Å². The van der Waals surface area contributed by atoms with Gasteiger partial charge in [0.2, 0.25) is 0 Å². The fourth-order valence-corrected chi connectivity index (χ4v) is 4.22. The maximum atomic E-state index is 6.49. The highest BCUT2D eigenvalue weighted by Crippen LogP contribution is 2.30. The molecule has 1 aliphatic rings. The minimum Gasteiger partial charge on any atom is -0.377 e. The van der Waals surface area contributed by atoms with Crippen LogP contribution < -0.4 is 5.73 Å². The normalized spacial score (nSPS) is 19.9. The van der Waals surface area contributed by atoms with E-state index in [1.807, 2.05) is 6.20 Å². The van der Waals surface area contributed by atoms with Gasteiger partial charge in [-0.1, -0.05) is 19.3 Å². The Morgan fingerprint density at radius 1 is 1.43 bits per heavy atom. The van der Waals surface area contributed by atoms with Crippen molar-refractivity contribution in [3.05, 3.63) is 23.5 Å².